The van der Waals surface area contributed by atoms with Crippen molar-refractivity contribution in [1.82, 2.24) is 4.90 Å². The van der Waals surface area contributed by atoms with Crippen LogP contribution in [0.15, 0.2) is 42.5 Å². The van der Waals surface area contributed by atoms with Gasteiger partial charge in [0.1, 0.15) is 5.60 Å². The first-order valence-electron chi connectivity index (χ1n) is 10.4. The highest BCUT2D eigenvalue weighted by molar-refractivity contribution is 6.02. The Kier molecular flexibility index (Phi) is 6.67. The molecular weight excluding hydrogens is 412 g/mol. The zero-order chi connectivity index (χ0) is 23.5. The van der Waals surface area contributed by atoms with Crippen LogP contribution in [0.2, 0.25) is 0 Å². The number of para-hydroxylation sites is 1. The molecule has 1 heterocycles. The van der Waals surface area contributed by atoms with Gasteiger partial charge in [0.05, 0.1) is 16.2 Å². The molecule has 9 heteroatoms. The first-order valence-corrected chi connectivity index (χ1v) is 10.4. The first kappa shape index (κ1) is 23.1. The van der Waals surface area contributed by atoms with Gasteiger partial charge in [0.2, 0.25) is 0 Å². The minimum absolute atomic E-state index is 0.0640. The van der Waals surface area contributed by atoms with Crippen LogP contribution < -0.4 is 10.2 Å². The topological polar surface area (TPSA) is 105 Å². The lowest BCUT2D eigenvalue weighted by Crippen LogP contribution is -2.49. The van der Waals surface area contributed by atoms with E-state index in [0.29, 0.717) is 37.4 Å². The third-order valence-corrected chi connectivity index (χ3v) is 5.09. The fourth-order valence-corrected chi connectivity index (χ4v) is 3.62. The molecule has 0 radical (unpaired) electrons. The zero-order valence-corrected chi connectivity index (χ0v) is 18.8. The molecule has 0 atom stereocenters. The Morgan fingerprint density at radius 1 is 1.06 bits per heavy atom. The molecule has 1 fully saturated rings. The van der Waals surface area contributed by atoms with Gasteiger partial charge in [-0.05, 0) is 51.5 Å². The number of nitrogens with zero attached hydrogens (tertiary/aromatic N) is 3. The van der Waals surface area contributed by atoms with Crippen molar-refractivity contribution in [2.24, 2.45) is 0 Å². The number of nitro groups is 1. The zero-order valence-electron chi connectivity index (χ0n) is 18.8. The van der Waals surface area contributed by atoms with Crippen LogP contribution in [0.4, 0.5) is 21.9 Å². The van der Waals surface area contributed by atoms with E-state index in [1.807, 2.05) is 6.92 Å². The molecule has 1 saturated heterocycles. The molecule has 1 aliphatic rings. The van der Waals surface area contributed by atoms with E-state index >= 15 is 0 Å². The summed E-state index contributed by atoms with van der Waals surface area (Å²) >= 11 is 0. The number of ether oxygens (including phenoxy) is 1. The number of amides is 2. The predicted octanol–water partition coefficient (Wildman–Crippen LogP) is 4.21. The van der Waals surface area contributed by atoms with Crippen molar-refractivity contribution < 1.29 is 19.2 Å². The molecule has 0 bridgehead atoms. The number of carbonyl (C=O) groups excluding carboxylic acids is 2. The van der Waals surface area contributed by atoms with Crippen molar-refractivity contribution >= 4 is 29.1 Å². The summed E-state index contributed by atoms with van der Waals surface area (Å²) in [5, 5.41) is 13.6. The molecule has 0 saturated carbocycles. The number of rotatable bonds is 4. The molecular formula is C23H28N4O5. The molecule has 3 rings (SSSR count). The van der Waals surface area contributed by atoms with Gasteiger partial charge >= 0.3 is 6.09 Å². The monoisotopic (exact) mass is 440 g/mol. The lowest BCUT2D eigenvalue weighted by molar-refractivity contribution is -0.384. The summed E-state index contributed by atoms with van der Waals surface area (Å²) in [6, 6.07) is 11.7. The van der Waals surface area contributed by atoms with E-state index < -0.39 is 16.6 Å². The van der Waals surface area contributed by atoms with Gasteiger partial charge in [-0.15, -0.1) is 0 Å². The number of non-ortho nitro benzene ring substituents is 1. The van der Waals surface area contributed by atoms with Gasteiger partial charge in [-0.3, -0.25) is 20.2 Å². The Morgan fingerprint density at radius 2 is 1.72 bits per heavy atom. The normalized spacial score (nSPS) is 14.1. The van der Waals surface area contributed by atoms with E-state index in [1.54, 1.807) is 62.1 Å². The fourth-order valence-electron chi connectivity index (χ4n) is 3.62. The summed E-state index contributed by atoms with van der Waals surface area (Å²) in [7, 11) is 0. The van der Waals surface area contributed by atoms with Gasteiger partial charge in [-0.1, -0.05) is 12.1 Å². The summed E-state index contributed by atoms with van der Waals surface area (Å²) in [4.78, 5) is 39.8. The standard InChI is InChI=1S/C23H28N4O5/c1-16-15-17(27(30)31)9-10-20(16)25-11-13-26(14-12-25)21(28)18-7-5-6-8-19(18)24-22(29)32-23(2,3)4/h5-10,15H,11-14H2,1-4H3,(H,24,29). The number of carbonyl (C=O) groups is 2. The maximum Gasteiger partial charge on any atom is 0.412 e. The summed E-state index contributed by atoms with van der Waals surface area (Å²) in [6.45, 7) is 9.37. The second kappa shape index (κ2) is 9.25. The molecule has 2 amide bonds. The fraction of sp³-hybridized carbons (Fsp3) is 0.391. The molecule has 9 nitrogen and oxygen atoms in total. The maximum absolute atomic E-state index is 13.2. The molecule has 2 aromatic carbocycles. The maximum atomic E-state index is 13.2. The molecule has 0 spiro atoms. The SMILES string of the molecule is Cc1cc([N+](=O)[O-])ccc1N1CCN(C(=O)c2ccccc2NC(=O)OC(C)(C)C)CC1. The smallest absolute Gasteiger partial charge is 0.412 e. The summed E-state index contributed by atoms with van der Waals surface area (Å²) in [6.07, 6.45) is -0.615. The van der Waals surface area contributed by atoms with Crippen LogP contribution in [0.5, 0.6) is 0 Å². The molecule has 1 aliphatic heterocycles. The molecule has 170 valence electrons. The van der Waals surface area contributed by atoms with Crippen molar-refractivity contribution in [3.63, 3.8) is 0 Å². The van der Waals surface area contributed by atoms with Gasteiger partial charge in [0.25, 0.3) is 11.6 Å². The van der Waals surface area contributed by atoms with Crippen LogP contribution in [0.1, 0.15) is 36.7 Å². The third-order valence-electron chi connectivity index (χ3n) is 5.09. The Balaban J connectivity index is 1.67. The Hall–Kier alpha value is -3.62. The average Bonchev–Trinajstić information content (AvgIpc) is 2.72. The van der Waals surface area contributed by atoms with Crippen LogP contribution in [0.25, 0.3) is 0 Å². The number of nitrogens with one attached hydrogen (secondary N) is 1. The van der Waals surface area contributed by atoms with Crippen molar-refractivity contribution in [2.45, 2.75) is 33.3 Å². The molecule has 0 unspecified atom stereocenters. The number of hydrogen-bond acceptors (Lipinski definition) is 6. The number of benzene rings is 2. The van der Waals surface area contributed by atoms with E-state index in [-0.39, 0.29) is 11.6 Å². The highest BCUT2D eigenvalue weighted by atomic mass is 16.6. The van der Waals surface area contributed by atoms with Crippen LogP contribution >= 0.6 is 0 Å². The number of hydrogen-bond donors (Lipinski definition) is 1. The van der Waals surface area contributed by atoms with E-state index in [9.17, 15) is 19.7 Å². The van der Waals surface area contributed by atoms with Crippen molar-refractivity contribution in [3.8, 4) is 0 Å². The van der Waals surface area contributed by atoms with Crippen molar-refractivity contribution in [2.75, 3.05) is 36.4 Å². The van der Waals surface area contributed by atoms with E-state index in [2.05, 4.69) is 10.2 Å². The molecule has 2 aromatic rings. The number of piperazine rings is 1. The van der Waals surface area contributed by atoms with Crippen LogP contribution in [0, 0.1) is 17.0 Å². The summed E-state index contributed by atoms with van der Waals surface area (Å²) < 4.78 is 5.30. The summed E-state index contributed by atoms with van der Waals surface area (Å²) in [5.41, 5.74) is 1.98. The van der Waals surface area contributed by atoms with Gasteiger partial charge < -0.3 is 14.5 Å². The van der Waals surface area contributed by atoms with Crippen molar-refractivity contribution in [1.29, 1.82) is 0 Å². The minimum atomic E-state index is -0.643. The van der Waals surface area contributed by atoms with Gasteiger partial charge in [0.15, 0.2) is 0 Å². The first-order chi connectivity index (χ1) is 15.0. The molecule has 1 N–H and O–H groups in total. The lowest BCUT2D eigenvalue weighted by Gasteiger charge is -2.37. The number of nitro benzene ring substituents is 1. The average molecular weight is 441 g/mol. The van der Waals surface area contributed by atoms with Crippen LogP contribution in [0.3, 0.4) is 0 Å². The Morgan fingerprint density at radius 3 is 2.31 bits per heavy atom. The highest BCUT2D eigenvalue weighted by Crippen LogP contribution is 2.26. The van der Waals surface area contributed by atoms with Crippen LogP contribution in [-0.4, -0.2) is 53.6 Å². The van der Waals surface area contributed by atoms with E-state index in [4.69, 9.17) is 4.74 Å². The van der Waals surface area contributed by atoms with Crippen molar-refractivity contribution in [3.05, 3.63) is 63.7 Å². The van der Waals surface area contributed by atoms with E-state index in [0.717, 1.165) is 11.3 Å². The second-order valence-corrected chi connectivity index (χ2v) is 8.68. The summed E-state index contributed by atoms with van der Waals surface area (Å²) in [5.74, 6) is -0.170. The molecule has 0 aromatic heterocycles. The Bertz CT molecular complexity index is 1020. The van der Waals surface area contributed by atoms with Gasteiger partial charge in [-0.2, -0.15) is 0 Å². The van der Waals surface area contributed by atoms with Gasteiger partial charge in [-0.25, -0.2) is 4.79 Å². The van der Waals surface area contributed by atoms with E-state index in [1.165, 1.54) is 6.07 Å². The largest absolute Gasteiger partial charge is 0.444 e. The van der Waals surface area contributed by atoms with Crippen LogP contribution in [-0.2, 0) is 4.74 Å². The number of anilines is 2. The Labute approximate surface area is 187 Å². The third kappa shape index (κ3) is 5.54. The lowest BCUT2D eigenvalue weighted by atomic mass is 10.1. The number of aryl methyl sites for hydroxylation is 1. The molecule has 0 aliphatic carbocycles. The second-order valence-electron chi connectivity index (χ2n) is 8.68. The minimum Gasteiger partial charge on any atom is -0.444 e. The molecule has 32 heavy (non-hydrogen) atoms. The highest BCUT2D eigenvalue weighted by Gasteiger charge is 2.26. The predicted molar refractivity (Wildman–Crippen MR) is 122 cm³/mol. The van der Waals surface area contributed by atoms with Gasteiger partial charge in [0, 0.05) is 44.0 Å². The quantitative estimate of drug-likeness (QED) is 0.564.